The summed E-state index contributed by atoms with van der Waals surface area (Å²) in [4.78, 5) is 10.8. The lowest BCUT2D eigenvalue weighted by atomic mass is 10.0. The Hall–Kier alpha value is -1.02. The summed E-state index contributed by atoms with van der Waals surface area (Å²) in [7, 11) is 0. The maximum Gasteiger partial charge on any atom is 0.307 e. The van der Waals surface area contributed by atoms with Crippen molar-refractivity contribution < 1.29 is 9.90 Å². The fourth-order valence-corrected chi connectivity index (χ4v) is 2.89. The third-order valence-electron chi connectivity index (χ3n) is 3.38. The molecule has 0 saturated heterocycles. The Morgan fingerprint density at radius 3 is 3.00 bits per heavy atom. The minimum atomic E-state index is -0.661. The molecule has 2 nitrogen and oxygen atoms in total. The van der Waals surface area contributed by atoms with Crippen LogP contribution in [0.5, 0.6) is 0 Å². The molecule has 0 spiro atoms. The molecule has 0 unspecified atom stereocenters. The molecular weight excluding hydrogens is 200 g/mol. The lowest BCUT2D eigenvalue weighted by molar-refractivity contribution is -0.139. The summed E-state index contributed by atoms with van der Waals surface area (Å²) in [5.74, 6) is -0.242. The number of aliphatic carboxylic acids is 1. The standard InChI is InChI=1S/C11H9ClO2/c12-6-2-1-5-3-8-9(7(5)4-6)10(8)11(13)14/h1-2,4,8-10H,3H2,(H,13,14)/t8-,9-,10+/m0/s1. The summed E-state index contributed by atoms with van der Waals surface area (Å²) in [5.41, 5.74) is 2.44. The highest BCUT2D eigenvalue weighted by Crippen LogP contribution is 2.61. The Morgan fingerprint density at radius 1 is 1.50 bits per heavy atom. The smallest absolute Gasteiger partial charge is 0.307 e. The van der Waals surface area contributed by atoms with E-state index in [1.54, 1.807) is 0 Å². The third-order valence-corrected chi connectivity index (χ3v) is 3.61. The Kier molecular flexibility index (Phi) is 1.49. The monoisotopic (exact) mass is 208 g/mol. The summed E-state index contributed by atoms with van der Waals surface area (Å²) in [6.45, 7) is 0. The molecule has 1 saturated carbocycles. The van der Waals surface area contributed by atoms with E-state index in [4.69, 9.17) is 16.7 Å². The lowest BCUT2D eigenvalue weighted by Crippen LogP contribution is -2.04. The van der Waals surface area contributed by atoms with E-state index in [0.29, 0.717) is 10.9 Å². The highest BCUT2D eigenvalue weighted by molar-refractivity contribution is 6.30. The highest BCUT2D eigenvalue weighted by atomic mass is 35.5. The first-order valence-corrected chi connectivity index (χ1v) is 5.07. The minimum absolute atomic E-state index is 0.152. The van der Waals surface area contributed by atoms with Crippen molar-refractivity contribution in [1.82, 2.24) is 0 Å². The van der Waals surface area contributed by atoms with Gasteiger partial charge in [0.25, 0.3) is 0 Å². The van der Waals surface area contributed by atoms with Crippen molar-refractivity contribution in [3.63, 3.8) is 0 Å². The lowest BCUT2D eigenvalue weighted by Gasteiger charge is -2.04. The molecule has 0 radical (unpaired) electrons. The summed E-state index contributed by atoms with van der Waals surface area (Å²) in [6.07, 6.45) is 0.911. The number of benzene rings is 1. The van der Waals surface area contributed by atoms with Gasteiger partial charge in [-0.2, -0.15) is 0 Å². The zero-order valence-corrected chi connectivity index (χ0v) is 8.16. The number of carbonyl (C=O) groups is 1. The van der Waals surface area contributed by atoms with Crippen molar-refractivity contribution in [3.05, 3.63) is 34.3 Å². The van der Waals surface area contributed by atoms with Gasteiger partial charge in [-0.25, -0.2) is 0 Å². The van der Waals surface area contributed by atoms with E-state index in [2.05, 4.69) is 0 Å². The van der Waals surface area contributed by atoms with Gasteiger partial charge in [0.2, 0.25) is 0 Å². The second-order valence-corrected chi connectivity index (χ2v) is 4.54. The minimum Gasteiger partial charge on any atom is -0.481 e. The fraction of sp³-hybridized carbons (Fsp3) is 0.364. The SMILES string of the molecule is O=C(O)[C@@H]1[C@H]2Cc3ccc(Cl)cc3[C@@H]21. The second-order valence-electron chi connectivity index (χ2n) is 4.10. The first kappa shape index (κ1) is 8.30. The van der Waals surface area contributed by atoms with Crippen LogP contribution >= 0.6 is 11.6 Å². The van der Waals surface area contributed by atoms with Crippen molar-refractivity contribution >= 4 is 17.6 Å². The zero-order valence-electron chi connectivity index (χ0n) is 7.40. The molecule has 1 aromatic carbocycles. The van der Waals surface area contributed by atoms with Crippen LogP contribution in [-0.4, -0.2) is 11.1 Å². The molecule has 0 aromatic heterocycles. The predicted molar refractivity (Wildman–Crippen MR) is 52.5 cm³/mol. The van der Waals surface area contributed by atoms with Crippen LogP contribution < -0.4 is 0 Å². The fourth-order valence-electron chi connectivity index (χ4n) is 2.70. The maximum absolute atomic E-state index is 10.8. The van der Waals surface area contributed by atoms with Crippen LogP contribution in [0.3, 0.4) is 0 Å². The van der Waals surface area contributed by atoms with E-state index in [0.717, 1.165) is 12.0 Å². The van der Waals surface area contributed by atoms with Gasteiger partial charge in [-0.3, -0.25) is 4.79 Å². The van der Waals surface area contributed by atoms with Crippen LogP contribution in [0.4, 0.5) is 0 Å². The van der Waals surface area contributed by atoms with E-state index >= 15 is 0 Å². The summed E-state index contributed by atoms with van der Waals surface area (Å²) in [5, 5.41) is 9.63. The second kappa shape index (κ2) is 2.51. The number of carboxylic acid groups (broad SMARTS) is 1. The number of carboxylic acids is 1. The molecule has 14 heavy (non-hydrogen) atoms. The molecule has 1 aromatic rings. The van der Waals surface area contributed by atoms with E-state index in [9.17, 15) is 4.79 Å². The number of hydrogen-bond donors (Lipinski definition) is 1. The Labute approximate surface area is 86.5 Å². The predicted octanol–water partition coefficient (Wildman–Crippen LogP) is 2.31. The van der Waals surface area contributed by atoms with Crippen molar-refractivity contribution in [2.45, 2.75) is 12.3 Å². The van der Waals surface area contributed by atoms with Crippen LogP contribution in [0.2, 0.25) is 5.02 Å². The molecule has 3 heteroatoms. The van der Waals surface area contributed by atoms with Gasteiger partial charge in [0.05, 0.1) is 5.92 Å². The first-order valence-electron chi connectivity index (χ1n) is 4.69. The van der Waals surface area contributed by atoms with Crippen molar-refractivity contribution in [2.75, 3.05) is 0 Å². The van der Waals surface area contributed by atoms with E-state index in [-0.39, 0.29) is 11.8 Å². The molecule has 3 atom stereocenters. The van der Waals surface area contributed by atoms with Crippen molar-refractivity contribution in [3.8, 4) is 0 Å². The van der Waals surface area contributed by atoms with E-state index < -0.39 is 5.97 Å². The van der Waals surface area contributed by atoms with Gasteiger partial charge in [-0.1, -0.05) is 17.7 Å². The zero-order chi connectivity index (χ0) is 9.87. The van der Waals surface area contributed by atoms with Gasteiger partial charge in [-0.15, -0.1) is 0 Å². The van der Waals surface area contributed by atoms with E-state index in [1.165, 1.54) is 5.56 Å². The summed E-state index contributed by atoms with van der Waals surface area (Å²) < 4.78 is 0. The van der Waals surface area contributed by atoms with Crippen LogP contribution in [0.25, 0.3) is 0 Å². The first-order chi connectivity index (χ1) is 6.68. The summed E-state index contributed by atoms with van der Waals surface area (Å²) >= 11 is 5.89. The molecule has 72 valence electrons. The van der Waals surface area contributed by atoms with Crippen LogP contribution in [-0.2, 0) is 11.2 Å². The Balaban J connectivity index is 2.01. The molecule has 2 aliphatic rings. The number of hydrogen-bond acceptors (Lipinski definition) is 1. The number of halogens is 1. The molecular formula is C11H9ClO2. The molecule has 0 amide bonds. The van der Waals surface area contributed by atoms with Gasteiger partial charge in [0, 0.05) is 10.9 Å². The topological polar surface area (TPSA) is 37.3 Å². The van der Waals surface area contributed by atoms with Crippen LogP contribution in [0.15, 0.2) is 18.2 Å². The van der Waals surface area contributed by atoms with Crippen LogP contribution in [0, 0.1) is 11.8 Å². The maximum atomic E-state index is 10.8. The summed E-state index contributed by atoms with van der Waals surface area (Å²) in [6, 6.07) is 5.81. The molecule has 1 fully saturated rings. The van der Waals surface area contributed by atoms with Crippen molar-refractivity contribution in [2.24, 2.45) is 11.8 Å². The number of fused-ring (bicyclic) bond motifs is 3. The average molecular weight is 209 g/mol. The van der Waals surface area contributed by atoms with Gasteiger partial charge >= 0.3 is 5.97 Å². The van der Waals surface area contributed by atoms with Gasteiger partial charge < -0.3 is 5.11 Å². The third kappa shape index (κ3) is 0.947. The highest BCUT2D eigenvalue weighted by Gasteiger charge is 2.59. The molecule has 0 heterocycles. The largest absolute Gasteiger partial charge is 0.481 e. The molecule has 0 aliphatic heterocycles. The Bertz CT molecular complexity index is 427. The molecule has 2 aliphatic carbocycles. The molecule has 0 bridgehead atoms. The normalized spacial score (nSPS) is 32.2. The average Bonchev–Trinajstić information content (AvgIpc) is 2.73. The Morgan fingerprint density at radius 2 is 2.29 bits per heavy atom. The van der Waals surface area contributed by atoms with Gasteiger partial charge in [-0.05, 0) is 35.6 Å². The van der Waals surface area contributed by atoms with Crippen LogP contribution in [0.1, 0.15) is 17.0 Å². The van der Waals surface area contributed by atoms with E-state index in [1.807, 2.05) is 18.2 Å². The van der Waals surface area contributed by atoms with Crippen molar-refractivity contribution in [1.29, 1.82) is 0 Å². The number of rotatable bonds is 1. The molecule has 3 rings (SSSR count). The molecule has 1 N–H and O–H groups in total. The van der Waals surface area contributed by atoms with Gasteiger partial charge in [0.15, 0.2) is 0 Å². The van der Waals surface area contributed by atoms with Gasteiger partial charge in [0.1, 0.15) is 0 Å². The quantitative estimate of drug-likeness (QED) is 0.769.